The van der Waals surface area contributed by atoms with Gasteiger partial charge in [-0.15, -0.1) is 0 Å². The van der Waals surface area contributed by atoms with Crippen molar-refractivity contribution in [3.8, 4) is 17.2 Å². The topological polar surface area (TPSA) is 88.7 Å². The molecule has 0 saturated carbocycles. The number of aryl methyl sites for hydroxylation is 1. The average Bonchev–Trinajstić information content (AvgIpc) is 2.95. The molecule has 0 heterocycles. The van der Waals surface area contributed by atoms with Gasteiger partial charge >= 0.3 is 0 Å². The fourth-order valence-corrected chi connectivity index (χ4v) is 4.62. The van der Waals surface area contributed by atoms with E-state index in [0.717, 1.165) is 22.6 Å². The highest BCUT2D eigenvalue weighted by Crippen LogP contribution is 2.28. The zero-order valence-corrected chi connectivity index (χ0v) is 24.3. The van der Waals surface area contributed by atoms with E-state index in [2.05, 4.69) is 16.0 Å². The van der Waals surface area contributed by atoms with Crippen molar-refractivity contribution in [2.45, 2.75) is 19.4 Å². The van der Waals surface area contributed by atoms with Gasteiger partial charge in [-0.1, -0.05) is 53.0 Å². The molecule has 0 fully saturated rings. The Bertz CT molecular complexity index is 1460. The van der Waals surface area contributed by atoms with Crippen LogP contribution < -0.4 is 25.4 Å². The highest BCUT2D eigenvalue weighted by molar-refractivity contribution is 6.34. The normalized spacial score (nSPS) is 11.3. The van der Waals surface area contributed by atoms with Crippen molar-refractivity contribution in [1.82, 2.24) is 10.6 Å². The summed E-state index contributed by atoms with van der Waals surface area (Å²) in [6.07, 6.45) is 0.290. The van der Waals surface area contributed by atoms with E-state index in [1.165, 1.54) is 0 Å². The summed E-state index contributed by atoms with van der Waals surface area (Å²) in [5.41, 5.74) is 3.21. The Morgan fingerprint density at radius 3 is 2.15 bits per heavy atom. The molecule has 0 aliphatic rings. The molecule has 2 amide bonds. The van der Waals surface area contributed by atoms with Crippen molar-refractivity contribution in [1.29, 1.82) is 0 Å². The van der Waals surface area contributed by atoms with Gasteiger partial charge in [0.2, 0.25) is 5.91 Å². The van der Waals surface area contributed by atoms with Crippen molar-refractivity contribution in [3.05, 3.63) is 118 Å². The van der Waals surface area contributed by atoms with Gasteiger partial charge in [0.1, 0.15) is 23.3 Å². The molecular formula is C32H31Cl2N3O4. The van der Waals surface area contributed by atoms with Crippen LogP contribution in [0.2, 0.25) is 10.0 Å². The number of hydrogen-bond acceptors (Lipinski definition) is 5. The van der Waals surface area contributed by atoms with Crippen LogP contribution in [0.15, 0.2) is 91.0 Å². The van der Waals surface area contributed by atoms with Crippen molar-refractivity contribution < 1.29 is 19.1 Å². The second-order valence-electron chi connectivity index (χ2n) is 9.40. The lowest BCUT2D eigenvalue weighted by Gasteiger charge is -2.19. The molecule has 0 radical (unpaired) electrons. The quantitative estimate of drug-likeness (QED) is 0.160. The largest absolute Gasteiger partial charge is 0.497 e. The van der Waals surface area contributed by atoms with E-state index in [1.807, 2.05) is 55.5 Å². The van der Waals surface area contributed by atoms with E-state index in [0.29, 0.717) is 46.6 Å². The average molecular weight is 593 g/mol. The second-order valence-corrected chi connectivity index (χ2v) is 10.3. The lowest BCUT2D eigenvalue weighted by atomic mass is 10.0. The van der Waals surface area contributed by atoms with Crippen LogP contribution in [0.25, 0.3) is 0 Å². The molecule has 0 bridgehead atoms. The van der Waals surface area contributed by atoms with Gasteiger partial charge < -0.3 is 25.4 Å². The molecule has 4 rings (SSSR count). The Labute approximate surface area is 249 Å². The first-order valence-electron chi connectivity index (χ1n) is 13.0. The number of amides is 2. The van der Waals surface area contributed by atoms with Crippen LogP contribution >= 0.6 is 23.2 Å². The fraction of sp³-hybridized carbons (Fsp3) is 0.188. The van der Waals surface area contributed by atoms with E-state index in [-0.39, 0.29) is 11.8 Å². The summed E-state index contributed by atoms with van der Waals surface area (Å²) in [7, 11) is 1.62. The van der Waals surface area contributed by atoms with Crippen LogP contribution in [0.5, 0.6) is 17.2 Å². The summed E-state index contributed by atoms with van der Waals surface area (Å²) < 4.78 is 11.0. The lowest BCUT2D eigenvalue weighted by Crippen LogP contribution is -2.48. The maximum absolute atomic E-state index is 13.2. The minimum Gasteiger partial charge on any atom is -0.497 e. The molecule has 7 nitrogen and oxygen atoms in total. The molecule has 0 spiro atoms. The highest BCUT2D eigenvalue weighted by Gasteiger charge is 2.22. The number of rotatable bonds is 12. The summed E-state index contributed by atoms with van der Waals surface area (Å²) in [4.78, 5) is 26.3. The monoisotopic (exact) mass is 591 g/mol. The first kappa shape index (κ1) is 29.8. The molecule has 4 aromatic rings. The highest BCUT2D eigenvalue weighted by atomic mass is 35.5. The maximum Gasteiger partial charge on any atom is 0.251 e. The number of carbonyl (C=O) groups is 2. The van der Waals surface area contributed by atoms with Crippen molar-refractivity contribution >= 4 is 40.7 Å². The third kappa shape index (κ3) is 9.17. The Balaban J connectivity index is 1.40. The molecule has 0 aromatic heterocycles. The molecule has 41 heavy (non-hydrogen) atoms. The summed E-state index contributed by atoms with van der Waals surface area (Å²) in [6.45, 7) is 2.80. The number of nitrogens with one attached hydrogen (secondary N) is 3. The molecule has 4 aromatic carbocycles. The molecule has 9 heteroatoms. The Kier molecular flexibility index (Phi) is 10.5. The number of hydrogen-bond donors (Lipinski definition) is 3. The van der Waals surface area contributed by atoms with E-state index in [1.54, 1.807) is 49.6 Å². The van der Waals surface area contributed by atoms with Gasteiger partial charge in [-0.3, -0.25) is 9.59 Å². The smallest absolute Gasteiger partial charge is 0.251 e. The van der Waals surface area contributed by atoms with Crippen LogP contribution in [0.1, 0.15) is 21.5 Å². The zero-order valence-electron chi connectivity index (χ0n) is 22.7. The first-order chi connectivity index (χ1) is 19.8. The number of ether oxygens (including phenoxy) is 2. The van der Waals surface area contributed by atoms with Gasteiger partial charge in [0, 0.05) is 40.8 Å². The van der Waals surface area contributed by atoms with Crippen molar-refractivity contribution in [2.75, 3.05) is 25.5 Å². The minimum atomic E-state index is -0.789. The van der Waals surface area contributed by atoms with E-state index in [9.17, 15) is 9.59 Å². The number of anilines is 1. The van der Waals surface area contributed by atoms with Crippen LogP contribution in [0.3, 0.4) is 0 Å². The predicted molar refractivity (Wildman–Crippen MR) is 164 cm³/mol. The lowest BCUT2D eigenvalue weighted by molar-refractivity contribution is -0.122. The number of methoxy groups -OCH3 is 1. The van der Waals surface area contributed by atoms with Gasteiger partial charge in [-0.05, 0) is 79.2 Å². The molecule has 0 aliphatic carbocycles. The molecule has 212 valence electrons. The van der Waals surface area contributed by atoms with Gasteiger partial charge in [-0.2, -0.15) is 0 Å². The Hall–Kier alpha value is -4.20. The number of halogens is 2. The number of benzene rings is 4. The molecule has 0 unspecified atom stereocenters. The maximum atomic E-state index is 13.2. The molecule has 3 N–H and O–H groups in total. The third-order valence-corrected chi connectivity index (χ3v) is 6.62. The van der Waals surface area contributed by atoms with Crippen LogP contribution in [-0.4, -0.2) is 38.1 Å². The van der Waals surface area contributed by atoms with Gasteiger partial charge in [-0.25, -0.2) is 0 Å². The van der Waals surface area contributed by atoms with Crippen molar-refractivity contribution in [2.24, 2.45) is 0 Å². The summed E-state index contributed by atoms with van der Waals surface area (Å²) in [5, 5.41) is 10.0. The molecule has 0 aliphatic heterocycles. The summed E-state index contributed by atoms with van der Waals surface area (Å²) >= 11 is 12.1. The second kappa shape index (κ2) is 14.4. The van der Waals surface area contributed by atoms with E-state index >= 15 is 0 Å². The summed E-state index contributed by atoms with van der Waals surface area (Å²) in [5.74, 6) is 1.27. The standard InChI is InChI=1S/C32H31Cl2N3O4/c1-21-4-3-5-23(16-21)31(38)37-30(32(39)36-15-14-35-26-8-12-27(40-2)13-9-26)17-22-6-10-28(11-7-22)41-29-19-24(33)18-25(34)20-29/h3-13,16,18-20,30,35H,14-15,17H2,1-2H3,(H,36,39)(H,37,38)/t30-/m0/s1. The van der Waals surface area contributed by atoms with Gasteiger partial charge in [0.05, 0.1) is 7.11 Å². The van der Waals surface area contributed by atoms with Gasteiger partial charge in [0.15, 0.2) is 0 Å². The molecule has 1 atom stereocenters. The number of carbonyl (C=O) groups excluding carboxylic acids is 2. The third-order valence-electron chi connectivity index (χ3n) is 6.18. The Morgan fingerprint density at radius 2 is 1.49 bits per heavy atom. The van der Waals surface area contributed by atoms with Crippen LogP contribution in [-0.2, 0) is 11.2 Å². The first-order valence-corrected chi connectivity index (χ1v) is 13.8. The molecule has 0 saturated heterocycles. The van der Waals surface area contributed by atoms with Crippen LogP contribution in [0, 0.1) is 6.92 Å². The zero-order chi connectivity index (χ0) is 29.2. The van der Waals surface area contributed by atoms with E-state index in [4.69, 9.17) is 32.7 Å². The summed E-state index contributed by atoms with van der Waals surface area (Å²) in [6, 6.07) is 26.2. The SMILES string of the molecule is COc1ccc(NCCNC(=O)[C@H](Cc2ccc(Oc3cc(Cl)cc(Cl)c3)cc2)NC(=O)c2cccc(C)c2)cc1. The van der Waals surface area contributed by atoms with Crippen LogP contribution in [0.4, 0.5) is 5.69 Å². The fourth-order valence-electron chi connectivity index (χ4n) is 4.11. The Morgan fingerprint density at radius 1 is 0.805 bits per heavy atom. The van der Waals surface area contributed by atoms with E-state index < -0.39 is 6.04 Å². The molecular weight excluding hydrogens is 561 g/mol. The minimum absolute atomic E-state index is 0.281. The predicted octanol–water partition coefficient (Wildman–Crippen LogP) is 6.67. The van der Waals surface area contributed by atoms with Crippen molar-refractivity contribution in [3.63, 3.8) is 0 Å². The van der Waals surface area contributed by atoms with Gasteiger partial charge in [0.25, 0.3) is 5.91 Å².